The van der Waals surface area contributed by atoms with Crippen LogP contribution in [0.3, 0.4) is 0 Å². The third kappa shape index (κ3) is 3.24. The lowest BCUT2D eigenvalue weighted by atomic mass is 10.2. The highest BCUT2D eigenvalue weighted by Gasteiger charge is 2.17. The Morgan fingerprint density at radius 3 is 2.83 bits per heavy atom. The molecule has 0 aromatic heterocycles. The lowest BCUT2D eigenvalue weighted by molar-refractivity contribution is -0.384. The fourth-order valence-corrected chi connectivity index (χ4v) is 1.53. The predicted molar refractivity (Wildman–Crippen MR) is 66.2 cm³/mol. The van der Waals surface area contributed by atoms with E-state index >= 15 is 0 Å². The molecule has 0 bridgehead atoms. The van der Waals surface area contributed by atoms with E-state index in [0.29, 0.717) is 12.2 Å². The second kappa shape index (κ2) is 6.06. The molecule has 0 amide bonds. The standard InChI is InChI=1S/C10H12ClN3O4/c1-2-9(10(12)13-15)18-6-3-4-8(14(16)17)7(11)5-6/h3-5,9,15H,2H2,1H3,(H2,12,13). The van der Waals surface area contributed by atoms with E-state index < -0.39 is 11.0 Å². The van der Waals surface area contributed by atoms with Crippen LogP contribution in [0, 0.1) is 10.1 Å². The maximum atomic E-state index is 10.6. The predicted octanol–water partition coefficient (Wildman–Crippen LogP) is 2.15. The highest BCUT2D eigenvalue weighted by molar-refractivity contribution is 6.32. The molecule has 0 heterocycles. The van der Waals surface area contributed by atoms with Crippen molar-refractivity contribution in [2.45, 2.75) is 19.4 Å². The van der Waals surface area contributed by atoms with Gasteiger partial charge in [-0.25, -0.2) is 0 Å². The number of rotatable bonds is 5. The van der Waals surface area contributed by atoms with Crippen molar-refractivity contribution in [1.29, 1.82) is 0 Å². The van der Waals surface area contributed by atoms with Crippen molar-refractivity contribution in [2.24, 2.45) is 10.9 Å². The molecule has 0 spiro atoms. The monoisotopic (exact) mass is 273 g/mol. The Labute approximate surface area is 108 Å². The lowest BCUT2D eigenvalue weighted by Gasteiger charge is -2.15. The number of hydrogen-bond acceptors (Lipinski definition) is 5. The Kier molecular flexibility index (Phi) is 4.73. The Morgan fingerprint density at radius 2 is 2.39 bits per heavy atom. The summed E-state index contributed by atoms with van der Waals surface area (Å²) in [5.41, 5.74) is 5.22. The third-order valence-corrected chi connectivity index (χ3v) is 2.51. The second-order valence-corrected chi connectivity index (χ2v) is 3.82. The number of benzene rings is 1. The van der Waals surface area contributed by atoms with E-state index in [4.69, 9.17) is 27.3 Å². The summed E-state index contributed by atoms with van der Waals surface area (Å²) in [6.45, 7) is 1.79. The van der Waals surface area contributed by atoms with Crippen LogP contribution < -0.4 is 10.5 Å². The minimum absolute atomic E-state index is 0.0353. The molecule has 8 heteroatoms. The summed E-state index contributed by atoms with van der Waals surface area (Å²) in [6, 6.07) is 3.95. The first-order valence-electron chi connectivity index (χ1n) is 5.07. The smallest absolute Gasteiger partial charge is 0.288 e. The maximum Gasteiger partial charge on any atom is 0.288 e. The normalized spacial score (nSPS) is 13.1. The SMILES string of the molecule is CCC(Oc1ccc([N+](=O)[O-])c(Cl)c1)C(N)=NO. The summed E-state index contributed by atoms with van der Waals surface area (Å²) in [7, 11) is 0. The summed E-state index contributed by atoms with van der Waals surface area (Å²) >= 11 is 5.73. The van der Waals surface area contributed by atoms with Crippen molar-refractivity contribution >= 4 is 23.1 Å². The average Bonchev–Trinajstić information content (AvgIpc) is 2.34. The second-order valence-electron chi connectivity index (χ2n) is 3.41. The molecule has 1 aromatic carbocycles. The summed E-state index contributed by atoms with van der Waals surface area (Å²) in [6.07, 6.45) is -0.141. The van der Waals surface area contributed by atoms with Crippen LogP contribution >= 0.6 is 11.6 Å². The Bertz CT molecular complexity index is 478. The number of nitrogens with zero attached hydrogens (tertiary/aromatic N) is 2. The number of hydrogen-bond donors (Lipinski definition) is 2. The maximum absolute atomic E-state index is 10.6. The largest absolute Gasteiger partial charge is 0.482 e. The van der Waals surface area contributed by atoms with E-state index in [-0.39, 0.29) is 16.5 Å². The van der Waals surface area contributed by atoms with E-state index in [1.165, 1.54) is 18.2 Å². The Morgan fingerprint density at radius 1 is 1.72 bits per heavy atom. The fraction of sp³-hybridized carbons (Fsp3) is 0.300. The van der Waals surface area contributed by atoms with Crippen molar-refractivity contribution in [3.05, 3.63) is 33.3 Å². The number of halogens is 1. The summed E-state index contributed by atoms with van der Waals surface area (Å²) < 4.78 is 5.41. The van der Waals surface area contributed by atoms with E-state index in [0.717, 1.165) is 0 Å². The third-order valence-electron chi connectivity index (χ3n) is 2.21. The number of nitro groups is 1. The zero-order valence-electron chi connectivity index (χ0n) is 9.54. The van der Waals surface area contributed by atoms with E-state index in [1.54, 1.807) is 6.92 Å². The van der Waals surface area contributed by atoms with Gasteiger partial charge in [0.05, 0.1) is 4.92 Å². The van der Waals surface area contributed by atoms with E-state index in [2.05, 4.69) is 5.16 Å². The summed E-state index contributed by atoms with van der Waals surface area (Å²) in [4.78, 5) is 9.98. The molecule has 0 radical (unpaired) electrons. The molecule has 1 aromatic rings. The van der Waals surface area contributed by atoms with Crippen molar-refractivity contribution in [3.63, 3.8) is 0 Å². The van der Waals surface area contributed by atoms with Crippen LogP contribution in [0.15, 0.2) is 23.4 Å². The van der Waals surface area contributed by atoms with Gasteiger partial charge in [0.2, 0.25) is 0 Å². The van der Waals surface area contributed by atoms with E-state index in [1.807, 2.05) is 0 Å². The van der Waals surface area contributed by atoms with Crippen molar-refractivity contribution < 1.29 is 14.9 Å². The lowest BCUT2D eigenvalue weighted by Crippen LogP contribution is -2.33. The molecule has 0 fully saturated rings. The van der Waals surface area contributed by atoms with Crippen LogP contribution in [0.4, 0.5) is 5.69 Å². The molecule has 0 aliphatic rings. The van der Waals surface area contributed by atoms with Gasteiger partial charge in [0.1, 0.15) is 10.8 Å². The minimum Gasteiger partial charge on any atom is -0.482 e. The zero-order chi connectivity index (χ0) is 13.7. The van der Waals surface area contributed by atoms with Gasteiger partial charge in [-0.1, -0.05) is 23.7 Å². The molecule has 98 valence electrons. The number of oxime groups is 1. The van der Waals surface area contributed by atoms with Gasteiger partial charge in [0, 0.05) is 12.1 Å². The van der Waals surface area contributed by atoms with Crippen LogP contribution in [-0.4, -0.2) is 22.1 Å². The summed E-state index contributed by atoms with van der Waals surface area (Å²) in [5.74, 6) is 0.232. The quantitative estimate of drug-likeness (QED) is 0.281. The van der Waals surface area contributed by atoms with Crippen LogP contribution in [0.25, 0.3) is 0 Å². The molecule has 0 saturated heterocycles. The van der Waals surface area contributed by atoms with Crippen LogP contribution in [0.1, 0.15) is 13.3 Å². The van der Waals surface area contributed by atoms with Crippen LogP contribution in [-0.2, 0) is 0 Å². The van der Waals surface area contributed by atoms with Gasteiger partial charge < -0.3 is 15.7 Å². The Hall–Kier alpha value is -2.02. The molecule has 18 heavy (non-hydrogen) atoms. The van der Waals surface area contributed by atoms with Gasteiger partial charge in [-0.15, -0.1) is 0 Å². The van der Waals surface area contributed by atoms with Gasteiger partial charge in [-0.3, -0.25) is 10.1 Å². The average molecular weight is 274 g/mol. The fourth-order valence-electron chi connectivity index (χ4n) is 1.29. The molecule has 1 atom stereocenters. The van der Waals surface area contributed by atoms with Crippen molar-refractivity contribution in [3.8, 4) is 5.75 Å². The van der Waals surface area contributed by atoms with Crippen molar-refractivity contribution in [2.75, 3.05) is 0 Å². The zero-order valence-corrected chi connectivity index (χ0v) is 10.3. The van der Waals surface area contributed by atoms with Gasteiger partial charge >= 0.3 is 0 Å². The number of nitro benzene ring substituents is 1. The number of ether oxygens (including phenoxy) is 1. The molecule has 1 rings (SSSR count). The minimum atomic E-state index is -0.618. The molecule has 3 N–H and O–H groups in total. The molecule has 1 unspecified atom stereocenters. The van der Waals surface area contributed by atoms with E-state index in [9.17, 15) is 10.1 Å². The highest BCUT2D eigenvalue weighted by Crippen LogP contribution is 2.29. The van der Waals surface area contributed by atoms with Crippen molar-refractivity contribution in [1.82, 2.24) is 0 Å². The highest BCUT2D eigenvalue weighted by atomic mass is 35.5. The van der Waals surface area contributed by atoms with Gasteiger partial charge in [0.25, 0.3) is 5.69 Å². The number of amidine groups is 1. The van der Waals surface area contributed by atoms with Crippen LogP contribution in [0.5, 0.6) is 5.75 Å². The first-order valence-corrected chi connectivity index (χ1v) is 5.45. The molecule has 0 aliphatic heterocycles. The van der Waals surface area contributed by atoms with Gasteiger partial charge in [0.15, 0.2) is 11.9 Å². The molecule has 7 nitrogen and oxygen atoms in total. The van der Waals surface area contributed by atoms with Gasteiger partial charge in [-0.05, 0) is 12.5 Å². The Balaban J connectivity index is 2.92. The molecular formula is C10H12ClN3O4. The van der Waals surface area contributed by atoms with Gasteiger partial charge in [-0.2, -0.15) is 0 Å². The molecule has 0 saturated carbocycles. The number of nitrogens with two attached hydrogens (primary N) is 1. The van der Waals surface area contributed by atoms with Crippen LogP contribution in [0.2, 0.25) is 5.02 Å². The first kappa shape index (κ1) is 14.0. The topological polar surface area (TPSA) is 111 Å². The molecular weight excluding hydrogens is 262 g/mol. The molecule has 0 aliphatic carbocycles. The first-order chi connectivity index (χ1) is 8.49. The summed E-state index contributed by atoms with van der Waals surface area (Å²) in [5, 5.41) is 21.9.